The van der Waals surface area contributed by atoms with Gasteiger partial charge in [0.25, 0.3) is 5.91 Å². The molecule has 0 aliphatic carbocycles. The van der Waals surface area contributed by atoms with Gasteiger partial charge in [-0.05, 0) is 63.3 Å². The van der Waals surface area contributed by atoms with Gasteiger partial charge in [-0.3, -0.25) is 4.79 Å². The Morgan fingerprint density at radius 3 is 2.59 bits per heavy atom. The lowest BCUT2D eigenvalue weighted by Gasteiger charge is -2.11. The number of ether oxygens (including phenoxy) is 2. The van der Waals surface area contributed by atoms with Crippen LogP contribution in [0.4, 0.5) is 0 Å². The minimum Gasteiger partial charge on any atom is -0.497 e. The largest absolute Gasteiger partial charge is 0.497 e. The Morgan fingerprint density at radius 1 is 1.04 bits per heavy atom. The molecule has 0 atom stereocenters. The van der Waals surface area contributed by atoms with Crippen LogP contribution in [-0.2, 0) is 11.2 Å². The average molecular weight is 428 g/mol. The first-order valence-corrected chi connectivity index (χ1v) is 9.66. The monoisotopic (exact) mass is 427 g/mol. The molecule has 0 aliphatic heterocycles. The lowest BCUT2D eigenvalue weighted by molar-refractivity contribution is -0.123. The van der Waals surface area contributed by atoms with Crippen molar-refractivity contribution in [1.29, 1.82) is 0 Å². The molecule has 0 bridgehead atoms. The van der Waals surface area contributed by atoms with Crippen LogP contribution >= 0.6 is 15.9 Å². The quantitative estimate of drug-likeness (QED) is 0.528. The lowest BCUT2D eigenvalue weighted by Crippen LogP contribution is -2.30. The predicted molar refractivity (Wildman–Crippen MR) is 111 cm³/mol. The number of halogens is 1. The summed E-state index contributed by atoms with van der Waals surface area (Å²) in [5.74, 6) is 1.40. The highest BCUT2D eigenvalue weighted by Crippen LogP contribution is 2.32. The van der Waals surface area contributed by atoms with E-state index in [4.69, 9.17) is 9.47 Å². The number of carbonyl (C=O) groups excluding carboxylic acids is 1. The van der Waals surface area contributed by atoms with Crippen LogP contribution in [0.2, 0.25) is 0 Å². The number of amides is 1. The summed E-state index contributed by atoms with van der Waals surface area (Å²) in [6, 6.07) is 19.9. The molecule has 0 aliphatic rings. The van der Waals surface area contributed by atoms with E-state index in [9.17, 15) is 4.79 Å². The Morgan fingerprint density at radius 2 is 1.81 bits per heavy atom. The van der Waals surface area contributed by atoms with E-state index in [0.29, 0.717) is 12.3 Å². The van der Waals surface area contributed by atoms with Crippen LogP contribution < -0.4 is 14.8 Å². The van der Waals surface area contributed by atoms with E-state index in [1.165, 1.54) is 5.56 Å². The summed E-state index contributed by atoms with van der Waals surface area (Å²) < 4.78 is 11.7. The molecule has 1 amide bonds. The van der Waals surface area contributed by atoms with Crippen molar-refractivity contribution in [3.8, 4) is 11.5 Å². The highest BCUT2D eigenvalue weighted by Gasteiger charge is 2.08. The highest BCUT2D eigenvalue weighted by atomic mass is 79.9. The molecule has 5 heteroatoms. The summed E-state index contributed by atoms with van der Waals surface area (Å²) in [4.78, 5) is 12.0. The van der Waals surface area contributed by atoms with Gasteiger partial charge in [0, 0.05) is 6.54 Å². The predicted octanol–water partition coefficient (Wildman–Crippen LogP) is 4.74. The van der Waals surface area contributed by atoms with Crippen LogP contribution in [-0.4, -0.2) is 26.2 Å². The van der Waals surface area contributed by atoms with E-state index in [1.54, 1.807) is 7.11 Å². The maximum atomic E-state index is 12.0. The van der Waals surface area contributed by atoms with Crippen LogP contribution in [0, 0.1) is 0 Å². The molecular weight excluding hydrogens is 406 g/mol. The lowest BCUT2D eigenvalue weighted by atomic mass is 10.1. The number of carbonyl (C=O) groups is 1. The Labute approximate surface area is 167 Å². The topological polar surface area (TPSA) is 47.6 Å². The fraction of sp³-hybridized carbons (Fsp3) is 0.227. The van der Waals surface area contributed by atoms with Gasteiger partial charge in [-0.15, -0.1) is 0 Å². The summed E-state index contributed by atoms with van der Waals surface area (Å²) >= 11 is 3.57. The third kappa shape index (κ3) is 5.23. The van der Waals surface area contributed by atoms with Crippen molar-refractivity contribution >= 4 is 32.6 Å². The van der Waals surface area contributed by atoms with Gasteiger partial charge in [0.05, 0.1) is 11.6 Å². The molecule has 0 spiro atoms. The zero-order chi connectivity index (χ0) is 19.1. The Balaban J connectivity index is 1.42. The minimum absolute atomic E-state index is 0.000520. The molecule has 3 aromatic rings. The molecule has 0 radical (unpaired) electrons. The number of aryl methyl sites for hydroxylation is 1. The highest BCUT2D eigenvalue weighted by molar-refractivity contribution is 9.10. The van der Waals surface area contributed by atoms with Gasteiger partial charge in [-0.25, -0.2) is 0 Å². The zero-order valence-electron chi connectivity index (χ0n) is 15.2. The number of rotatable bonds is 8. The standard InChI is InChI=1S/C22H22BrNO3/c1-26-18-11-8-16(9-12-18)5-4-14-24-21(25)15-27-20-13-10-17-6-2-3-7-19(17)22(20)23/h2-3,6-13H,4-5,14-15H2,1H3,(H,24,25). The first-order chi connectivity index (χ1) is 13.2. The first-order valence-electron chi connectivity index (χ1n) is 8.87. The number of hydrogen-bond donors (Lipinski definition) is 1. The molecule has 0 aromatic heterocycles. The second kappa shape index (κ2) is 9.42. The SMILES string of the molecule is COc1ccc(CCCNC(=O)COc2ccc3ccccc3c2Br)cc1. The second-order valence-electron chi connectivity index (χ2n) is 6.19. The van der Waals surface area contributed by atoms with E-state index >= 15 is 0 Å². The summed E-state index contributed by atoms with van der Waals surface area (Å²) in [5.41, 5.74) is 1.22. The van der Waals surface area contributed by atoms with Crippen molar-refractivity contribution in [3.05, 3.63) is 70.7 Å². The van der Waals surface area contributed by atoms with Gasteiger partial charge >= 0.3 is 0 Å². The third-order valence-electron chi connectivity index (χ3n) is 4.31. The maximum absolute atomic E-state index is 12.0. The van der Waals surface area contributed by atoms with E-state index in [-0.39, 0.29) is 12.5 Å². The zero-order valence-corrected chi connectivity index (χ0v) is 16.8. The van der Waals surface area contributed by atoms with E-state index < -0.39 is 0 Å². The molecule has 0 fully saturated rings. The number of fused-ring (bicyclic) bond motifs is 1. The molecule has 0 unspecified atom stereocenters. The minimum atomic E-state index is -0.121. The summed E-state index contributed by atoms with van der Waals surface area (Å²) in [5, 5.41) is 5.09. The fourth-order valence-corrected chi connectivity index (χ4v) is 3.44. The molecule has 0 saturated heterocycles. The number of benzene rings is 3. The molecule has 27 heavy (non-hydrogen) atoms. The van der Waals surface area contributed by atoms with Gasteiger partial charge < -0.3 is 14.8 Å². The Hall–Kier alpha value is -2.53. The van der Waals surface area contributed by atoms with Gasteiger partial charge in [0.2, 0.25) is 0 Å². The molecule has 3 aromatic carbocycles. The maximum Gasteiger partial charge on any atom is 0.257 e. The van der Waals surface area contributed by atoms with Gasteiger partial charge in [0.15, 0.2) is 6.61 Å². The molecule has 1 N–H and O–H groups in total. The number of hydrogen-bond acceptors (Lipinski definition) is 3. The van der Waals surface area contributed by atoms with Gasteiger partial charge in [0.1, 0.15) is 11.5 Å². The van der Waals surface area contributed by atoms with E-state index in [1.807, 2.05) is 60.7 Å². The molecule has 3 rings (SSSR count). The van der Waals surface area contributed by atoms with Gasteiger partial charge in [-0.1, -0.05) is 42.5 Å². The van der Waals surface area contributed by atoms with Crippen LogP contribution in [0.25, 0.3) is 10.8 Å². The van der Waals surface area contributed by atoms with Crippen molar-refractivity contribution in [1.82, 2.24) is 5.32 Å². The van der Waals surface area contributed by atoms with Crippen molar-refractivity contribution in [2.24, 2.45) is 0 Å². The van der Waals surface area contributed by atoms with Crippen molar-refractivity contribution < 1.29 is 14.3 Å². The van der Waals surface area contributed by atoms with E-state index in [2.05, 4.69) is 21.2 Å². The van der Waals surface area contributed by atoms with Crippen molar-refractivity contribution in [3.63, 3.8) is 0 Å². The number of nitrogens with one attached hydrogen (secondary N) is 1. The molecular formula is C22H22BrNO3. The van der Waals surface area contributed by atoms with Crippen molar-refractivity contribution in [2.75, 3.05) is 20.3 Å². The van der Waals surface area contributed by atoms with Crippen LogP contribution in [0.1, 0.15) is 12.0 Å². The molecule has 0 saturated carbocycles. The number of methoxy groups -OCH3 is 1. The van der Waals surface area contributed by atoms with Crippen LogP contribution in [0.5, 0.6) is 11.5 Å². The normalized spacial score (nSPS) is 10.6. The summed E-state index contributed by atoms with van der Waals surface area (Å²) in [7, 11) is 1.66. The smallest absolute Gasteiger partial charge is 0.257 e. The van der Waals surface area contributed by atoms with Crippen LogP contribution in [0.15, 0.2) is 65.1 Å². The van der Waals surface area contributed by atoms with Crippen molar-refractivity contribution in [2.45, 2.75) is 12.8 Å². The molecule has 140 valence electrons. The van der Waals surface area contributed by atoms with Gasteiger partial charge in [-0.2, -0.15) is 0 Å². The third-order valence-corrected chi connectivity index (χ3v) is 5.13. The second-order valence-corrected chi connectivity index (χ2v) is 6.98. The Bertz CT molecular complexity index is 909. The van der Waals surface area contributed by atoms with Crippen LogP contribution in [0.3, 0.4) is 0 Å². The summed E-state index contributed by atoms with van der Waals surface area (Å²) in [6.45, 7) is 0.618. The summed E-state index contributed by atoms with van der Waals surface area (Å²) in [6.07, 6.45) is 1.78. The average Bonchev–Trinajstić information content (AvgIpc) is 2.71. The molecule has 0 heterocycles. The molecule has 4 nitrogen and oxygen atoms in total. The first kappa shape index (κ1) is 19.2. The Kier molecular flexibility index (Phi) is 6.71. The van der Waals surface area contributed by atoms with E-state index in [0.717, 1.165) is 33.8 Å². The fourth-order valence-electron chi connectivity index (χ4n) is 2.83.